The molecule has 0 spiro atoms. The molecule has 0 saturated heterocycles. The summed E-state index contributed by atoms with van der Waals surface area (Å²) in [5.74, 6) is 0.843. The maximum absolute atomic E-state index is 12.5. The fourth-order valence-electron chi connectivity index (χ4n) is 3.74. The van der Waals surface area contributed by atoms with Gasteiger partial charge in [-0.2, -0.15) is 0 Å². The molecule has 0 fully saturated rings. The molecule has 0 saturated carbocycles. The summed E-state index contributed by atoms with van der Waals surface area (Å²) >= 11 is 0. The number of fused-ring (bicyclic) bond motifs is 2. The number of hydrogen-bond acceptors (Lipinski definition) is 4. The largest absolute Gasteiger partial charge is 0.492 e. The number of amides is 1. The predicted molar refractivity (Wildman–Crippen MR) is 101 cm³/mol. The number of hydrogen-bond donors (Lipinski definition) is 3. The molecule has 5 heteroatoms. The SMILES string of the molecule is O=C(NCCC1NCCc2ccccc21)c1ccc2c(c1)CNCCO2. The molecule has 4 rings (SSSR count). The second-order valence-electron chi connectivity index (χ2n) is 6.85. The van der Waals surface area contributed by atoms with Gasteiger partial charge in [-0.15, -0.1) is 0 Å². The molecule has 0 aromatic heterocycles. The standard InChI is InChI=1S/C21H25N3O2/c25-21(16-5-6-20-17(13-16)14-22-11-12-26-20)24-10-8-19-18-4-2-1-3-15(18)7-9-23-19/h1-6,13,19,22-23H,7-12,14H2,(H,24,25). The van der Waals surface area contributed by atoms with E-state index in [9.17, 15) is 4.79 Å². The predicted octanol–water partition coefficient (Wildman–Crippen LogP) is 2.18. The van der Waals surface area contributed by atoms with E-state index in [1.165, 1.54) is 11.1 Å². The Morgan fingerprint density at radius 3 is 3.04 bits per heavy atom. The summed E-state index contributed by atoms with van der Waals surface area (Å²) in [6.07, 6.45) is 1.96. The van der Waals surface area contributed by atoms with E-state index >= 15 is 0 Å². The van der Waals surface area contributed by atoms with Crippen LogP contribution in [0.2, 0.25) is 0 Å². The van der Waals surface area contributed by atoms with Crippen molar-refractivity contribution in [2.45, 2.75) is 25.4 Å². The van der Waals surface area contributed by atoms with E-state index in [0.717, 1.165) is 43.8 Å². The molecule has 136 valence electrons. The number of carbonyl (C=O) groups excluding carboxylic acids is 1. The van der Waals surface area contributed by atoms with Crippen molar-refractivity contribution in [3.8, 4) is 5.75 Å². The second kappa shape index (κ2) is 7.89. The van der Waals surface area contributed by atoms with Crippen molar-refractivity contribution < 1.29 is 9.53 Å². The van der Waals surface area contributed by atoms with E-state index in [2.05, 4.69) is 40.2 Å². The van der Waals surface area contributed by atoms with Crippen LogP contribution in [-0.2, 0) is 13.0 Å². The number of rotatable bonds is 4. The van der Waals surface area contributed by atoms with Crippen LogP contribution in [-0.4, -0.2) is 32.1 Å². The van der Waals surface area contributed by atoms with Gasteiger partial charge >= 0.3 is 0 Å². The Morgan fingerprint density at radius 1 is 1.15 bits per heavy atom. The average Bonchev–Trinajstić information content (AvgIpc) is 2.93. The molecule has 3 N–H and O–H groups in total. The molecule has 2 aliphatic rings. The van der Waals surface area contributed by atoms with Crippen LogP contribution in [0.4, 0.5) is 0 Å². The van der Waals surface area contributed by atoms with Crippen LogP contribution in [0.25, 0.3) is 0 Å². The van der Waals surface area contributed by atoms with Crippen LogP contribution in [0.15, 0.2) is 42.5 Å². The van der Waals surface area contributed by atoms with Gasteiger partial charge in [0.2, 0.25) is 0 Å². The number of nitrogens with one attached hydrogen (secondary N) is 3. The molecule has 26 heavy (non-hydrogen) atoms. The van der Waals surface area contributed by atoms with Crippen LogP contribution in [0, 0.1) is 0 Å². The molecule has 0 aliphatic carbocycles. The van der Waals surface area contributed by atoms with Crippen molar-refractivity contribution >= 4 is 5.91 Å². The van der Waals surface area contributed by atoms with Crippen LogP contribution in [0.5, 0.6) is 5.75 Å². The van der Waals surface area contributed by atoms with Crippen LogP contribution >= 0.6 is 0 Å². The van der Waals surface area contributed by atoms with E-state index in [1.54, 1.807) is 0 Å². The van der Waals surface area contributed by atoms with Gasteiger partial charge < -0.3 is 20.7 Å². The molecule has 0 bridgehead atoms. The third-order valence-corrected chi connectivity index (χ3v) is 5.11. The zero-order chi connectivity index (χ0) is 17.8. The quantitative estimate of drug-likeness (QED) is 0.790. The van der Waals surface area contributed by atoms with Crippen molar-refractivity contribution in [3.63, 3.8) is 0 Å². The van der Waals surface area contributed by atoms with E-state index in [0.29, 0.717) is 24.8 Å². The van der Waals surface area contributed by atoms with Crippen molar-refractivity contribution in [2.24, 2.45) is 0 Å². The first-order valence-corrected chi connectivity index (χ1v) is 9.37. The molecule has 1 atom stereocenters. The van der Waals surface area contributed by atoms with Gasteiger partial charge in [0.25, 0.3) is 5.91 Å². The van der Waals surface area contributed by atoms with Gasteiger partial charge in [-0.25, -0.2) is 0 Å². The minimum Gasteiger partial charge on any atom is -0.492 e. The Labute approximate surface area is 154 Å². The van der Waals surface area contributed by atoms with E-state index in [1.807, 2.05) is 18.2 Å². The molecule has 5 nitrogen and oxygen atoms in total. The number of benzene rings is 2. The van der Waals surface area contributed by atoms with Crippen LogP contribution in [0.1, 0.15) is 39.5 Å². The Bertz CT molecular complexity index is 791. The minimum absolute atomic E-state index is 0.0267. The normalized spacial score (nSPS) is 18.8. The summed E-state index contributed by atoms with van der Waals surface area (Å²) < 4.78 is 5.67. The van der Waals surface area contributed by atoms with E-state index in [4.69, 9.17) is 4.74 Å². The maximum Gasteiger partial charge on any atom is 0.251 e. The lowest BCUT2D eigenvalue weighted by atomic mass is 9.92. The zero-order valence-electron chi connectivity index (χ0n) is 14.9. The van der Waals surface area contributed by atoms with Gasteiger partial charge in [0.15, 0.2) is 0 Å². The first-order chi connectivity index (χ1) is 12.8. The highest BCUT2D eigenvalue weighted by Crippen LogP contribution is 2.25. The molecule has 2 aromatic carbocycles. The Hall–Kier alpha value is -2.37. The highest BCUT2D eigenvalue weighted by Gasteiger charge is 2.19. The monoisotopic (exact) mass is 351 g/mol. The van der Waals surface area contributed by atoms with E-state index in [-0.39, 0.29) is 5.91 Å². The highest BCUT2D eigenvalue weighted by atomic mass is 16.5. The lowest BCUT2D eigenvalue weighted by Crippen LogP contribution is -2.33. The summed E-state index contributed by atoms with van der Waals surface area (Å²) in [5, 5.41) is 9.92. The Morgan fingerprint density at radius 2 is 2.08 bits per heavy atom. The number of carbonyl (C=O) groups is 1. The van der Waals surface area contributed by atoms with Gasteiger partial charge in [0.1, 0.15) is 12.4 Å². The highest BCUT2D eigenvalue weighted by molar-refractivity contribution is 5.94. The van der Waals surface area contributed by atoms with Crippen LogP contribution in [0.3, 0.4) is 0 Å². The Kier molecular flexibility index (Phi) is 5.18. The molecule has 1 amide bonds. The molecule has 0 radical (unpaired) electrons. The summed E-state index contributed by atoms with van der Waals surface area (Å²) in [5.41, 5.74) is 4.51. The minimum atomic E-state index is -0.0267. The third kappa shape index (κ3) is 3.74. The third-order valence-electron chi connectivity index (χ3n) is 5.11. The maximum atomic E-state index is 12.5. The summed E-state index contributed by atoms with van der Waals surface area (Å²) in [6.45, 7) is 3.86. The fourth-order valence-corrected chi connectivity index (χ4v) is 3.74. The van der Waals surface area contributed by atoms with Crippen LogP contribution < -0.4 is 20.7 Å². The van der Waals surface area contributed by atoms with Crippen molar-refractivity contribution in [2.75, 3.05) is 26.2 Å². The summed E-state index contributed by atoms with van der Waals surface area (Å²) in [4.78, 5) is 12.5. The first-order valence-electron chi connectivity index (χ1n) is 9.37. The second-order valence-corrected chi connectivity index (χ2v) is 6.85. The van der Waals surface area contributed by atoms with Gasteiger partial charge in [0, 0.05) is 36.8 Å². The number of ether oxygens (including phenoxy) is 1. The van der Waals surface area contributed by atoms with Crippen molar-refractivity contribution in [1.29, 1.82) is 0 Å². The first kappa shape index (κ1) is 17.1. The molecule has 2 aliphatic heterocycles. The van der Waals surface area contributed by atoms with Crippen molar-refractivity contribution in [1.82, 2.24) is 16.0 Å². The fraction of sp³-hybridized carbons (Fsp3) is 0.381. The average molecular weight is 351 g/mol. The molecule has 2 aromatic rings. The van der Waals surface area contributed by atoms with Gasteiger partial charge in [-0.3, -0.25) is 4.79 Å². The molecular weight excluding hydrogens is 326 g/mol. The summed E-state index contributed by atoms with van der Waals surface area (Å²) in [7, 11) is 0. The molecule has 1 unspecified atom stereocenters. The van der Waals surface area contributed by atoms with Gasteiger partial charge in [0.05, 0.1) is 0 Å². The lowest BCUT2D eigenvalue weighted by molar-refractivity contribution is 0.0952. The Balaban J connectivity index is 1.36. The smallest absolute Gasteiger partial charge is 0.251 e. The lowest BCUT2D eigenvalue weighted by Gasteiger charge is -2.27. The van der Waals surface area contributed by atoms with Crippen molar-refractivity contribution in [3.05, 3.63) is 64.7 Å². The van der Waals surface area contributed by atoms with E-state index < -0.39 is 0 Å². The van der Waals surface area contributed by atoms with Gasteiger partial charge in [-0.1, -0.05) is 24.3 Å². The zero-order valence-corrected chi connectivity index (χ0v) is 14.9. The molecular formula is C21H25N3O2. The van der Waals surface area contributed by atoms with Gasteiger partial charge in [-0.05, 0) is 48.7 Å². The molecule has 2 heterocycles. The topological polar surface area (TPSA) is 62.4 Å². The summed E-state index contributed by atoms with van der Waals surface area (Å²) in [6, 6.07) is 14.6.